The first-order chi connectivity index (χ1) is 15.8. The molecule has 2 aromatic carbocycles. The first-order valence-electron chi connectivity index (χ1n) is 9.67. The van der Waals surface area contributed by atoms with Gasteiger partial charge in [0.2, 0.25) is 10.0 Å². The van der Waals surface area contributed by atoms with Crippen LogP contribution in [0.1, 0.15) is 21.7 Å². The second-order valence-corrected chi connectivity index (χ2v) is 9.48. The Morgan fingerprint density at radius 2 is 1.73 bits per heavy atom. The molecule has 10 nitrogen and oxygen atoms in total. The Balaban J connectivity index is 1.63. The van der Waals surface area contributed by atoms with Crippen LogP contribution in [-0.2, 0) is 15.8 Å². The Kier molecular flexibility index (Phi) is 6.49. The number of hydrogen-bond acceptors (Lipinski definition) is 8. The number of primary sulfonamides is 1. The summed E-state index contributed by atoms with van der Waals surface area (Å²) in [4.78, 5) is 21.4. The molecule has 0 spiro atoms. The van der Waals surface area contributed by atoms with E-state index < -0.39 is 15.9 Å². The van der Waals surface area contributed by atoms with Gasteiger partial charge in [-0.2, -0.15) is 0 Å². The molecule has 4 rings (SSSR count). The van der Waals surface area contributed by atoms with Gasteiger partial charge in [0.1, 0.15) is 0 Å². The Bertz CT molecular complexity index is 1370. The summed E-state index contributed by atoms with van der Waals surface area (Å²) in [6.07, 6.45) is 3.29. The molecule has 0 bridgehead atoms. The summed E-state index contributed by atoms with van der Waals surface area (Å²) in [5, 5.41) is 16.7. The maximum absolute atomic E-state index is 13.0. The molecule has 0 radical (unpaired) electrons. The van der Waals surface area contributed by atoms with Crippen molar-refractivity contribution in [2.24, 2.45) is 5.14 Å². The lowest BCUT2D eigenvalue weighted by Gasteiger charge is -2.09. The van der Waals surface area contributed by atoms with E-state index in [4.69, 9.17) is 5.14 Å². The Hall–Kier alpha value is -3.61. The van der Waals surface area contributed by atoms with E-state index >= 15 is 0 Å². The number of amides is 1. The fraction of sp³-hybridized carbons (Fsp3) is 0.0952. The molecule has 2 heterocycles. The summed E-state index contributed by atoms with van der Waals surface area (Å²) in [5.74, 6) is -0.140. The number of nitrogens with one attached hydrogen (secondary N) is 1. The van der Waals surface area contributed by atoms with Crippen LogP contribution >= 0.6 is 11.8 Å². The number of carbonyl (C=O) groups is 1. The fourth-order valence-corrected chi connectivity index (χ4v) is 4.22. The van der Waals surface area contributed by atoms with E-state index in [-0.39, 0.29) is 10.6 Å². The largest absolute Gasteiger partial charge is 0.321 e. The number of thioether (sulfide) groups is 1. The van der Waals surface area contributed by atoms with Crippen LogP contribution in [0.3, 0.4) is 0 Å². The van der Waals surface area contributed by atoms with E-state index in [1.165, 1.54) is 36.0 Å². The molecule has 0 atom stereocenters. The van der Waals surface area contributed by atoms with Gasteiger partial charge in [0.05, 0.1) is 16.3 Å². The molecule has 0 aliphatic rings. The molecule has 33 heavy (non-hydrogen) atoms. The number of nitrogens with zero attached hydrogens (tertiary/aromatic N) is 5. The molecule has 0 saturated heterocycles. The van der Waals surface area contributed by atoms with Gasteiger partial charge in [-0.1, -0.05) is 34.7 Å². The zero-order valence-electron chi connectivity index (χ0n) is 17.4. The number of sulfonamides is 1. The van der Waals surface area contributed by atoms with Gasteiger partial charge in [-0.25, -0.2) is 28.2 Å². The molecule has 4 aromatic rings. The third kappa shape index (κ3) is 5.42. The van der Waals surface area contributed by atoms with E-state index in [1.807, 2.05) is 31.2 Å². The Morgan fingerprint density at radius 1 is 1.06 bits per heavy atom. The third-order valence-electron chi connectivity index (χ3n) is 4.58. The highest BCUT2D eigenvalue weighted by atomic mass is 32.2. The van der Waals surface area contributed by atoms with Crippen molar-refractivity contribution in [2.75, 3.05) is 5.32 Å². The van der Waals surface area contributed by atoms with Crippen molar-refractivity contribution in [3.63, 3.8) is 0 Å². The van der Waals surface area contributed by atoms with Crippen molar-refractivity contribution < 1.29 is 13.2 Å². The van der Waals surface area contributed by atoms with Gasteiger partial charge in [0, 0.05) is 23.8 Å². The lowest BCUT2D eigenvalue weighted by molar-refractivity contribution is 0.102. The molecule has 3 N–H and O–H groups in total. The van der Waals surface area contributed by atoms with E-state index in [9.17, 15) is 13.2 Å². The van der Waals surface area contributed by atoms with E-state index in [0.29, 0.717) is 22.3 Å². The van der Waals surface area contributed by atoms with Crippen LogP contribution in [-0.4, -0.2) is 39.3 Å². The highest BCUT2D eigenvalue weighted by Gasteiger charge is 2.22. The average Bonchev–Trinajstić information content (AvgIpc) is 3.23. The number of benzene rings is 2. The average molecular weight is 482 g/mol. The molecule has 0 fully saturated rings. The summed E-state index contributed by atoms with van der Waals surface area (Å²) in [5.41, 5.74) is 2.94. The van der Waals surface area contributed by atoms with Crippen molar-refractivity contribution in [1.29, 1.82) is 0 Å². The van der Waals surface area contributed by atoms with Crippen molar-refractivity contribution in [1.82, 2.24) is 25.0 Å². The van der Waals surface area contributed by atoms with Crippen LogP contribution in [0, 0.1) is 6.92 Å². The number of aromatic nitrogens is 5. The number of nitrogens with two attached hydrogens (primary N) is 1. The summed E-state index contributed by atoms with van der Waals surface area (Å²) in [6.45, 7) is 1.98. The molecule has 0 aliphatic carbocycles. The number of anilines is 1. The Morgan fingerprint density at radius 3 is 2.36 bits per heavy atom. The van der Waals surface area contributed by atoms with Crippen LogP contribution in [0.4, 0.5) is 5.69 Å². The zero-order chi connectivity index (χ0) is 23.4. The predicted octanol–water partition coefficient (Wildman–Crippen LogP) is 2.56. The van der Waals surface area contributed by atoms with Crippen LogP contribution in [0.5, 0.6) is 0 Å². The second kappa shape index (κ2) is 9.48. The molecular weight excluding hydrogens is 462 g/mol. The van der Waals surface area contributed by atoms with Gasteiger partial charge in [-0.3, -0.25) is 4.79 Å². The smallest absolute Gasteiger partial charge is 0.278 e. The standard InChI is InChI=1S/C21H19N7O3S2/c1-14-3-7-16(8-4-14)28-18(13-32-21-23-11-2-12-24-21)19(26-27-28)20(29)25-15-5-9-17(10-6-15)33(22,30)31/h2-12H,13H2,1H3,(H,25,29)(H2,22,30,31). The van der Waals surface area contributed by atoms with Gasteiger partial charge >= 0.3 is 0 Å². The summed E-state index contributed by atoms with van der Waals surface area (Å²) < 4.78 is 24.5. The van der Waals surface area contributed by atoms with Crippen molar-refractivity contribution in [3.05, 3.63) is 83.9 Å². The molecule has 0 aliphatic heterocycles. The molecule has 168 valence electrons. The maximum Gasteiger partial charge on any atom is 0.278 e. The number of hydrogen-bond donors (Lipinski definition) is 2. The van der Waals surface area contributed by atoms with E-state index in [2.05, 4.69) is 25.6 Å². The highest BCUT2D eigenvalue weighted by Crippen LogP contribution is 2.24. The SMILES string of the molecule is Cc1ccc(-n2nnc(C(=O)Nc3ccc(S(N)(=O)=O)cc3)c2CSc2ncccn2)cc1. The molecular formula is C21H19N7O3S2. The maximum atomic E-state index is 13.0. The van der Waals surface area contributed by atoms with Crippen molar-refractivity contribution in [2.45, 2.75) is 22.7 Å². The van der Waals surface area contributed by atoms with Gasteiger partial charge in [-0.15, -0.1) is 5.10 Å². The summed E-state index contributed by atoms with van der Waals surface area (Å²) >= 11 is 1.35. The predicted molar refractivity (Wildman–Crippen MR) is 123 cm³/mol. The fourth-order valence-electron chi connectivity index (χ4n) is 2.91. The zero-order valence-corrected chi connectivity index (χ0v) is 19.0. The minimum absolute atomic E-state index is 0.0502. The van der Waals surface area contributed by atoms with Crippen LogP contribution < -0.4 is 10.5 Å². The molecule has 0 unspecified atom stereocenters. The topological polar surface area (TPSA) is 146 Å². The molecule has 12 heteroatoms. The van der Waals surface area contributed by atoms with E-state index in [0.717, 1.165) is 11.3 Å². The lowest BCUT2D eigenvalue weighted by atomic mass is 10.2. The second-order valence-electron chi connectivity index (χ2n) is 6.98. The van der Waals surface area contributed by atoms with Gasteiger partial charge in [0.25, 0.3) is 5.91 Å². The summed E-state index contributed by atoms with van der Waals surface area (Å²) in [6, 6.07) is 14.9. The van der Waals surface area contributed by atoms with Crippen molar-refractivity contribution >= 4 is 33.4 Å². The first kappa shape index (κ1) is 22.6. The normalized spacial score (nSPS) is 11.3. The van der Waals surface area contributed by atoms with E-state index in [1.54, 1.807) is 23.1 Å². The quantitative estimate of drug-likeness (QED) is 0.302. The van der Waals surface area contributed by atoms with Gasteiger partial charge in [0.15, 0.2) is 10.9 Å². The monoisotopic (exact) mass is 481 g/mol. The minimum atomic E-state index is -3.82. The van der Waals surface area contributed by atoms with Gasteiger partial charge < -0.3 is 5.32 Å². The summed E-state index contributed by atoms with van der Waals surface area (Å²) in [7, 11) is -3.82. The van der Waals surface area contributed by atoms with Crippen LogP contribution in [0.25, 0.3) is 5.69 Å². The number of aryl methyl sites for hydroxylation is 1. The lowest BCUT2D eigenvalue weighted by Crippen LogP contribution is -2.16. The van der Waals surface area contributed by atoms with Crippen LogP contribution in [0.2, 0.25) is 0 Å². The highest BCUT2D eigenvalue weighted by molar-refractivity contribution is 7.98. The van der Waals surface area contributed by atoms with Crippen LogP contribution in [0.15, 0.2) is 77.0 Å². The molecule has 1 amide bonds. The first-order valence-corrected chi connectivity index (χ1v) is 12.2. The number of carbonyl (C=O) groups excluding carboxylic acids is 1. The third-order valence-corrected chi connectivity index (χ3v) is 6.39. The Labute approximate surface area is 194 Å². The minimum Gasteiger partial charge on any atom is -0.321 e. The molecule has 2 aromatic heterocycles. The molecule has 0 saturated carbocycles. The number of rotatable bonds is 7. The van der Waals surface area contributed by atoms with Crippen molar-refractivity contribution in [3.8, 4) is 5.69 Å². The van der Waals surface area contributed by atoms with Gasteiger partial charge in [-0.05, 0) is 49.4 Å².